The van der Waals surface area contributed by atoms with Gasteiger partial charge in [0.2, 0.25) is 5.91 Å². The van der Waals surface area contributed by atoms with Crippen molar-refractivity contribution in [1.82, 2.24) is 10.3 Å². The molecule has 38 heavy (non-hydrogen) atoms. The Kier molecular flexibility index (Phi) is 7.02. The Morgan fingerprint density at radius 1 is 1.24 bits per heavy atom. The van der Waals surface area contributed by atoms with E-state index in [0.717, 1.165) is 29.3 Å². The molecule has 5 rings (SSSR count). The third-order valence-corrected chi connectivity index (χ3v) is 7.83. The van der Waals surface area contributed by atoms with Crippen LogP contribution in [-0.2, 0) is 16.0 Å². The van der Waals surface area contributed by atoms with E-state index in [9.17, 15) is 24.0 Å². The number of methoxy groups -OCH3 is 1. The molecule has 1 fully saturated rings. The summed E-state index contributed by atoms with van der Waals surface area (Å²) in [6, 6.07) is 11.3. The zero-order chi connectivity index (χ0) is 27.0. The van der Waals surface area contributed by atoms with Gasteiger partial charge in [0.15, 0.2) is 5.78 Å². The highest BCUT2D eigenvalue weighted by Gasteiger charge is 2.37. The van der Waals surface area contributed by atoms with Crippen LogP contribution >= 0.6 is 0 Å². The Morgan fingerprint density at radius 2 is 2.03 bits per heavy atom. The molecule has 3 aromatic rings. The summed E-state index contributed by atoms with van der Waals surface area (Å²) in [5.74, 6) is -1.56. The molecule has 1 heterocycles. The fraction of sp³-hybridized carbons (Fsp3) is 0.400. The van der Waals surface area contributed by atoms with Crippen molar-refractivity contribution in [3.63, 3.8) is 0 Å². The van der Waals surface area contributed by atoms with E-state index in [1.807, 2.05) is 25.1 Å². The minimum atomic E-state index is -0.976. The van der Waals surface area contributed by atoms with Gasteiger partial charge in [0.25, 0.3) is 0 Å². The van der Waals surface area contributed by atoms with Gasteiger partial charge < -0.3 is 15.0 Å². The second kappa shape index (κ2) is 10.4. The molecule has 2 aliphatic carbocycles. The lowest BCUT2D eigenvalue weighted by Crippen LogP contribution is -2.40. The van der Waals surface area contributed by atoms with Crippen LogP contribution in [0.25, 0.3) is 10.9 Å². The highest BCUT2D eigenvalue weighted by molar-refractivity contribution is 6.02. The molecular formula is C30H30FN3O4. The van der Waals surface area contributed by atoms with E-state index in [0.29, 0.717) is 34.9 Å². The lowest BCUT2D eigenvalue weighted by Gasteiger charge is -2.21. The largest absolute Gasteiger partial charge is 0.496 e. The second-order valence-corrected chi connectivity index (χ2v) is 10.5. The number of amides is 1. The number of nitrogens with one attached hydrogen (secondary N) is 2. The van der Waals surface area contributed by atoms with Crippen molar-refractivity contribution < 1.29 is 23.5 Å². The molecule has 7 nitrogen and oxygen atoms in total. The molecule has 1 amide bonds. The topological polar surface area (TPSA) is 112 Å². The van der Waals surface area contributed by atoms with Crippen LogP contribution in [0.4, 0.5) is 4.39 Å². The highest BCUT2D eigenvalue weighted by atomic mass is 19.1. The fourth-order valence-electron chi connectivity index (χ4n) is 5.56. The monoisotopic (exact) mass is 515 g/mol. The van der Waals surface area contributed by atoms with Gasteiger partial charge in [-0.3, -0.25) is 14.4 Å². The van der Waals surface area contributed by atoms with E-state index < -0.39 is 23.7 Å². The Morgan fingerprint density at radius 3 is 2.74 bits per heavy atom. The van der Waals surface area contributed by atoms with Crippen molar-refractivity contribution in [1.29, 1.82) is 5.26 Å². The van der Waals surface area contributed by atoms with Crippen molar-refractivity contribution in [2.75, 3.05) is 7.11 Å². The molecule has 0 spiro atoms. The number of ether oxygens (including phenoxy) is 1. The minimum absolute atomic E-state index is 0.000351. The third kappa shape index (κ3) is 5.06. The van der Waals surface area contributed by atoms with Crippen LogP contribution in [-0.4, -0.2) is 35.6 Å². The summed E-state index contributed by atoms with van der Waals surface area (Å²) < 4.78 is 20.0. The Bertz CT molecular complexity index is 1470. The van der Waals surface area contributed by atoms with Crippen LogP contribution in [0.2, 0.25) is 0 Å². The lowest BCUT2D eigenvalue weighted by molar-refractivity contribution is -0.126. The van der Waals surface area contributed by atoms with Crippen LogP contribution in [0.5, 0.6) is 5.75 Å². The first-order valence-corrected chi connectivity index (χ1v) is 13.0. The van der Waals surface area contributed by atoms with Crippen LogP contribution in [0.15, 0.2) is 36.4 Å². The van der Waals surface area contributed by atoms with E-state index in [-0.39, 0.29) is 36.7 Å². The van der Waals surface area contributed by atoms with Gasteiger partial charge in [-0.05, 0) is 61.1 Å². The second-order valence-electron chi connectivity index (χ2n) is 10.5. The minimum Gasteiger partial charge on any atom is -0.496 e. The van der Waals surface area contributed by atoms with Crippen molar-refractivity contribution in [3.8, 4) is 11.8 Å². The van der Waals surface area contributed by atoms with Crippen LogP contribution in [0.1, 0.15) is 65.2 Å². The quantitative estimate of drug-likeness (QED) is 0.372. The number of carbonyl (C=O) groups excluding carboxylic acids is 3. The molecule has 3 unspecified atom stereocenters. The maximum absolute atomic E-state index is 14.6. The summed E-state index contributed by atoms with van der Waals surface area (Å²) in [6.45, 7) is 1.83. The number of aryl methyl sites for hydroxylation is 1. The van der Waals surface area contributed by atoms with Crippen molar-refractivity contribution in [2.24, 2.45) is 11.8 Å². The van der Waals surface area contributed by atoms with Gasteiger partial charge in [-0.1, -0.05) is 25.0 Å². The predicted molar refractivity (Wildman–Crippen MR) is 139 cm³/mol. The average molecular weight is 516 g/mol. The summed E-state index contributed by atoms with van der Waals surface area (Å²) in [5.41, 5.74) is 3.02. The van der Waals surface area contributed by atoms with Gasteiger partial charge in [-0.2, -0.15) is 5.26 Å². The summed E-state index contributed by atoms with van der Waals surface area (Å²) in [5, 5.41) is 13.3. The number of aromatic amines is 1. The molecule has 2 aliphatic rings. The van der Waals surface area contributed by atoms with Crippen LogP contribution in [0.3, 0.4) is 0 Å². The Balaban J connectivity index is 1.30. The molecule has 2 N–H and O–H groups in total. The molecular weight excluding hydrogens is 485 g/mol. The molecule has 0 bridgehead atoms. The summed E-state index contributed by atoms with van der Waals surface area (Å²) in [7, 11) is 1.57. The molecule has 3 atom stereocenters. The van der Waals surface area contributed by atoms with E-state index in [2.05, 4.69) is 16.4 Å². The maximum atomic E-state index is 14.6. The predicted octanol–water partition coefficient (Wildman–Crippen LogP) is 4.92. The first kappa shape index (κ1) is 25.7. The van der Waals surface area contributed by atoms with Gasteiger partial charge in [-0.25, -0.2) is 4.39 Å². The van der Waals surface area contributed by atoms with E-state index in [4.69, 9.17) is 4.74 Å². The number of carbonyl (C=O) groups is 3. The number of nitrogens with zero attached hydrogens (tertiary/aromatic N) is 1. The smallest absolute Gasteiger partial charge is 0.224 e. The zero-order valence-corrected chi connectivity index (χ0v) is 21.5. The SMILES string of the molecule is COc1cccc2[nH]c(C(=O)CC(CC3CC3)C(=O)NC(C#N)CC3C(=O)Cc4c(C)ccc(F)c43)cc12. The Hall–Kier alpha value is -3.99. The van der Waals surface area contributed by atoms with Crippen LogP contribution in [0, 0.1) is 35.9 Å². The summed E-state index contributed by atoms with van der Waals surface area (Å²) in [6.07, 6.45) is 2.70. The van der Waals surface area contributed by atoms with Gasteiger partial charge >= 0.3 is 0 Å². The number of nitriles is 1. The first-order chi connectivity index (χ1) is 18.3. The number of H-pyrrole nitrogens is 1. The number of Topliss-reactive ketones (excluding diaryl/α,β-unsaturated/α-hetero) is 2. The number of benzene rings is 2. The molecule has 0 aliphatic heterocycles. The molecule has 1 saturated carbocycles. The molecule has 2 aromatic carbocycles. The molecule has 0 radical (unpaired) electrons. The summed E-state index contributed by atoms with van der Waals surface area (Å²) >= 11 is 0. The average Bonchev–Trinajstić information content (AvgIpc) is 3.51. The number of halogens is 1. The van der Waals surface area contributed by atoms with Crippen molar-refractivity contribution in [3.05, 3.63) is 64.6 Å². The number of hydrogen-bond donors (Lipinski definition) is 2. The number of hydrogen-bond acceptors (Lipinski definition) is 5. The van der Waals surface area contributed by atoms with E-state index in [1.165, 1.54) is 6.07 Å². The molecule has 0 saturated heterocycles. The van der Waals surface area contributed by atoms with E-state index >= 15 is 0 Å². The molecule has 8 heteroatoms. The number of ketones is 2. The van der Waals surface area contributed by atoms with Gasteiger partial charge in [0.1, 0.15) is 23.4 Å². The number of rotatable bonds is 10. The van der Waals surface area contributed by atoms with Crippen LogP contribution < -0.4 is 10.1 Å². The van der Waals surface area contributed by atoms with Gasteiger partial charge in [0, 0.05) is 41.1 Å². The maximum Gasteiger partial charge on any atom is 0.224 e. The van der Waals surface area contributed by atoms with E-state index in [1.54, 1.807) is 19.2 Å². The summed E-state index contributed by atoms with van der Waals surface area (Å²) in [4.78, 5) is 42.4. The van der Waals surface area contributed by atoms with Crippen molar-refractivity contribution >= 4 is 28.4 Å². The highest BCUT2D eigenvalue weighted by Crippen LogP contribution is 2.39. The fourth-order valence-corrected chi connectivity index (χ4v) is 5.56. The normalized spacial score (nSPS) is 18.1. The molecule has 1 aromatic heterocycles. The Labute approximate surface area is 220 Å². The lowest BCUT2D eigenvalue weighted by atomic mass is 9.90. The zero-order valence-electron chi connectivity index (χ0n) is 21.5. The number of fused-ring (bicyclic) bond motifs is 2. The first-order valence-electron chi connectivity index (χ1n) is 13.0. The standard InChI is InChI=1S/C30H30FN3O4/c1-16-6-9-23(31)29-20(16)14-26(35)22(29)12-19(15-32)33-30(37)18(10-17-7-8-17)11-27(36)25-13-21-24(34-25)4-3-5-28(21)38-2/h3-6,9,13,17-19,22,34H,7-8,10-12,14H2,1-2H3,(H,33,37). The van der Waals surface area contributed by atoms with Gasteiger partial charge in [0.05, 0.1) is 18.9 Å². The molecule has 196 valence electrons. The number of aromatic nitrogens is 1. The van der Waals surface area contributed by atoms with Gasteiger partial charge in [-0.15, -0.1) is 0 Å². The third-order valence-electron chi connectivity index (χ3n) is 7.83. The van der Waals surface area contributed by atoms with Crippen molar-refractivity contribution in [2.45, 2.75) is 57.4 Å².